The lowest BCUT2D eigenvalue weighted by Gasteiger charge is -2.37. The Morgan fingerprint density at radius 3 is 2.81 bits per heavy atom. The topological polar surface area (TPSA) is 115 Å². The molecular weight excluding hydrogens is 492 g/mol. The average Bonchev–Trinajstić information content (AvgIpc) is 3.53. The molecule has 1 aromatic heterocycles. The van der Waals surface area contributed by atoms with E-state index in [0.29, 0.717) is 34.9 Å². The summed E-state index contributed by atoms with van der Waals surface area (Å²) < 4.78 is 5.42. The van der Waals surface area contributed by atoms with Gasteiger partial charge in [0.25, 0.3) is 5.91 Å². The zero-order valence-electron chi connectivity index (χ0n) is 20.4. The van der Waals surface area contributed by atoms with Gasteiger partial charge in [0.1, 0.15) is 29.3 Å². The molecule has 1 aliphatic carbocycles. The van der Waals surface area contributed by atoms with Gasteiger partial charge in [-0.2, -0.15) is 5.26 Å². The number of hydrogen-bond donors (Lipinski definition) is 2. The van der Waals surface area contributed by atoms with Gasteiger partial charge in [-0.3, -0.25) is 14.4 Å². The molecule has 8 nitrogen and oxygen atoms in total. The van der Waals surface area contributed by atoms with Gasteiger partial charge < -0.3 is 19.9 Å². The summed E-state index contributed by atoms with van der Waals surface area (Å²) in [5, 5.41) is 13.9. The van der Waals surface area contributed by atoms with Gasteiger partial charge in [0.05, 0.1) is 13.2 Å². The molecule has 5 rings (SSSR count). The van der Waals surface area contributed by atoms with Crippen LogP contribution in [0.4, 0.5) is 0 Å². The van der Waals surface area contributed by atoms with Crippen molar-refractivity contribution in [2.24, 2.45) is 5.92 Å². The number of amides is 2. The van der Waals surface area contributed by atoms with E-state index in [0.717, 1.165) is 29.3 Å². The van der Waals surface area contributed by atoms with Crippen molar-refractivity contribution in [1.82, 2.24) is 15.2 Å². The summed E-state index contributed by atoms with van der Waals surface area (Å²) in [6.07, 6.45) is 2.81. The third-order valence-corrected chi connectivity index (χ3v) is 7.73. The molecule has 0 saturated heterocycles. The van der Waals surface area contributed by atoms with E-state index in [1.165, 1.54) is 4.90 Å². The fraction of sp³-hybridized carbons (Fsp3) is 0.357. The average molecular weight is 519 g/mol. The summed E-state index contributed by atoms with van der Waals surface area (Å²) in [7, 11) is 1.57. The Morgan fingerprint density at radius 1 is 1.27 bits per heavy atom. The second kappa shape index (κ2) is 10.3. The minimum Gasteiger partial charge on any atom is -0.496 e. The number of fused-ring (bicyclic) bond motifs is 2. The number of carbonyl (C=O) groups excluding carboxylic acids is 3. The molecule has 190 valence electrons. The number of carbonyl (C=O) groups is 3. The summed E-state index contributed by atoms with van der Waals surface area (Å²) >= 11 is 6.46. The van der Waals surface area contributed by atoms with E-state index in [2.05, 4.69) is 16.4 Å². The number of halogens is 1. The van der Waals surface area contributed by atoms with Gasteiger partial charge in [-0.05, 0) is 61.1 Å². The first-order chi connectivity index (χ1) is 17.9. The molecule has 2 aliphatic rings. The smallest absolute Gasteiger partial charge is 0.271 e. The van der Waals surface area contributed by atoms with Crippen LogP contribution in [0.5, 0.6) is 5.75 Å². The molecule has 2 N–H and O–H groups in total. The number of nitrogens with one attached hydrogen (secondary N) is 2. The fourth-order valence-electron chi connectivity index (χ4n) is 5.52. The summed E-state index contributed by atoms with van der Waals surface area (Å²) in [4.78, 5) is 44.3. The number of methoxy groups -OCH3 is 1. The molecule has 1 saturated carbocycles. The molecule has 0 radical (unpaired) electrons. The normalized spacial score (nSPS) is 19.8. The van der Waals surface area contributed by atoms with Crippen LogP contribution in [0.2, 0.25) is 5.02 Å². The molecule has 3 unspecified atom stereocenters. The lowest BCUT2D eigenvalue weighted by atomic mass is 9.91. The Balaban J connectivity index is 1.47. The first kappa shape index (κ1) is 24.8. The van der Waals surface area contributed by atoms with Crippen LogP contribution in [0.3, 0.4) is 0 Å². The van der Waals surface area contributed by atoms with Crippen molar-refractivity contribution in [3.05, 3.63) is 64.3 Å². The van der Waals surface area contributed by atoms with Gasteiger partial charge >= 0.3 is 0 Å². The van der Waals surface area contributed by atoms with Crippen molar-refractivity contribution in [1.29, 1.82) is 5.26 Å². The molecule has 37 heavy (non-hydrogen) atoms. The zero-order chi connectivity index (χ0) is 26.1. The van der Waals surface area contributed by atoms with Crippen LogP contribution in [0.1, 0.15) is 53.3 Å². The molecule has 1 fully saturated rings. The molecule has 3 aromatic rings. The van der Waals surface area contributed by atoms with E-state index in [1.807, 2.05) is 18.2 Å². The van der Waals surface area contributed by atoms with Crippen molar-refractivity contribution in [2.75, 3.05) is 13.7 Å². The minimum atomic E-state index is -0.974. The second-order valence-corrected chi connectivity index (χ2v) is 9.95. The highest BCUT2D eigenvalue weighted by Crippen LogP contribution is 2.36. The maximum absolute atomic E-state index is 13.8. The van der Waals surface area contributed by atoms with Gasteiger partial charge in [-0.1, -0.05) is 29.8 Å². The highest BCUT2D eigenvalue weighted by Gasteiger charge is 2.39. The maximum Gasteiger partial charge on any atom is 0.271 e. The zero-order valence-corrected chi connectivity index (χ0v) is 21.2. The van der Waals surface area contributed by atoms with Crippen molar-refractivity contribution in [2.45, 2.75) is 44.2 Å². The first-order valence-corrected chi connectivity index (χ1v) is 12.8. The van der Waals surface area contributed by atoms with Crippen molar-refractivity contribution >= 4 is 40.1 Å². The monoisotopic (exact) mass is 518 g/mol. The Bertz CT molecular complexity index is 1430. The van der Waals surface area contributed by atoms with Crippen LogP contribution in [0.25, 0.3) is 10.9 Å². The van der Waals surface area contributed by atoms with Crippen molar-refractivity contribution in [3.63, 3.8) is 0 Å². The largest absolute Gasteiger partial charge is 0.496 e. The predicted molar refractivity (Wildman–Crippen MR) is 138 cm³/mol. The van der Waals surface area contributed by atoms with E-state index >= 15 is 0 Å². The molecule has 0 bridgehead atoms. The maximum atomic E-state index is 13.8. The molecule has 9 heteroatoms. The number of benzene rings is 2. The fourth-order valence-corrected chi connectivity index (χ4v) is 5.79. The third kappa shape index (κ3) is 4.67. The van der Waals surface area contributed by atoms with Crippen LogP contribution < -0.4 is 10.1 Å². The Kier molecular flexibility index (Phi) is 6.90. The third-order valence-electron chi connectivity index (χ3n) is 7.37. The number of nitriles is 1. The summed E-state index contributed by atoms with van der Waals surface area (Å²) in [6, 6.07) is 12.9. The summed E-state index contributed by atoms with van der Waals surface area (Å²) in [6.45, 7) is 0.276. The number of nitrogens with zero attached hydrogens (tertiary/aromatic N) is 2. The van der Waals surface area contributed by atoms with Crippen LogP contribution >= 0.6 is 11.6 Å². The van der Waals surface area contributed by atoms with E-state index in [-0.39, 0.29) is 30.6 Å². The summed E-state index contributed by atoms with van der Waals surface area (Å²) in [5.41, 5.74) is 2.52. The van der Waals surface area contributed by atoms with Gasteiger partial charge in [0.15, 0.2) is 0 Å². The molecule has 1 aliphatic heterocycles. The number of ketones is 1. The van der Waals surface area contributed by atoms with Crippen molar-refractivity contribution in [3.8, 4) is 11.8 Å². The van der Waals surface area contributed by atoms with Crippen LogP contribution in [-0.2, 0) is 16.0 Å². The van der Waals surface area contributed by atoms with Crippen LogP contribution in [0, 0.1) is 17.2 Å². The number of rotatable bonds is 6. The Labute approximate surface area is 219 Å². The molecule has 2 aromatic carbocycles. The lowest BCUT2D eigenvalue weighted by Crippen LogP contribution is -2.49. The predicted octanol–water partition coefficient (Wildman–Crippen LogP) is 4.34. The van der Waals surface area contributed by atoms with Gasteiger partial charge in [0.2, 0.25) is 5.91 Å². The van der Waals surface area contributed by atoms with E-state index in [4.69, 9.17) is 16.3 Å². The molecule has 3 atom stereocenters. The molecule has 2 heterocycles. The SMILES string of the molecule is COc1cccc2[nH]c(C(=O)N3CCc4c(Cl)cccc4C3C(=O)NC(C#N)CC3CCCC3=O)cc12. The minimum absolute atomic E-state index is 0.135. The van der Waals surface area contributed by atoms with Gasteiger partial charge in [0, 0.05) is 34.8 Å². The second-order valence-electron chi connectivity index (χ2n) is 9.54. The molecule has 2 amide bonds. The quantitative estimate of drug-likeness (QED) is 0.503. The molecular formula is C28H27ClN4O4. The number of ether oxygens (including phenoxy) is 1. The highest BCUT2D eigenvalue weighted by molar-refractivity contribution is 6.31. The Hall–Kier alpha value is -3.83. The van der Waals surface area contributed by atoms with E-state index in [1.54, 1.807) is 31.4 Å². The number of aromatic nitrogens is 1. The Morgan fingerprint density at radius 2 is 2.08 bits per heavy atom. The first-order valence-electron chi connectivity index (χ1n) is 12.4. The van der Waals surface area contributed by atoms with E-state index < -0.39 is 18.0 Å². The van der Waals surface area contributed by atoms with Gasteiger partial charge in [-0.15, -0.1) is 0 Å². The van der Waals surface area contributed by atoms with Crippen LogP contribution in [-0.4, -0.2) is 47.2 Å². The number of H-pyrrole nitrogens is 1. The van der Waals surface area contributed by atoms with Crippen molar-refractivity contribution < 1.29 is 19.1 Å². The van der Waals surface area contributed by atoms with E-state index in [9.17, 15) is 19.6 Å². The van der Waals surface area contributed by atoms with Gasteiger partial charge in [-0.25, -0.2) is 0 Å². The number of Topliss-reactive ketones (excluding diaryl/α,β-unsaturated/α-hetero) is 1. The standard InChI is InChI=1S/C28H27ClN4O4/c1-37-25-10-4-8-22-20(25)14-23(32-22)28(36)33-12-11-18-19(6-3-7-21(18)29)26(33)27(35)31-17(15-30)13-16-5-2-9-24(16)34/h3-4,6-8,10,14,16-17,26,32H,2,5,9,11-13H2,1H3,(H,31,35). The number of aromatic amines is 1. The lowest BCUT2D eigenvalue weighted by molar-refractivity contribution is -0.127. The van der Waals surface area contributed by atoms with Crippen LogP contribution in [0.15, 0.2) is 42.5 Å². The number of hydrogen-bond acceptors (Lipinski definition) is 5. The molecule has 0 spiro atoms. The summed E-state index contributed by atoms with van der Waals surface area (Å²) in [5.74, 6) is -0.269. The highest BCUT2D eigenvalue weighted by atomic mass is 35.5.